The largest absolute Gasteiger partial charge is 1.00 e. The standard InChI is InChI=1S/C18H36O6S.2Na/c1-2-3-4-5-6-8-11-14-17(24-25(21,22)23)15-12-9-7-10-13-16-18(19)20;;/h17H,2-16H2,1H3,(H,19,20)(H,21,22,23);;/q;2*+1/p-1. The van der Waals surface area contributed by atoms with Gasteiger partial charge >= 0.3 is 69.5 Å². The van der Waals surface area contributed by atoms with E-state index in [1.165, 1.54) is 25.7 Å². The summed E-state index contributed by atoms with van der Waals surface area (Å²) >= 11 is 0. The van der Waals surface area contributed by atoms with Gasteiger partial charge in [0.1, 0.15) is 0 Å². The first-order valence-corrected chi connectivity index (χ1v) is 11.1. The van der Waals surface area contributed by atoms with E-state index >= 15 is 0 Å². The van der Waals surface area contributed by atoms with Crippen LogP contribution in [0.3, 0.4) is 0 Å². The zero-order chi connectivity index (χ0) is 19.0. The first-order valence-electron chi connectivity index (χ1n) is 9.70. The third kappa shape index (κ3) is 27.3. The minimum atomic E-state index is -4.41. The van der Waals surface area contributed by atoms with Gasteiger partial charge in [-0.3, -0.25) is 4.55 Å². The van der Waals surface area contributed by atoms with E-state index in [0.717, 1.165) is 44.9 Å². The first kappa shape index (κ1) is 33.0. The first-order chi connectivity index (χ1) is 11.8. The monoisotopic (exact) mass is 425 g/mol. The van der Waals surface area contributed by atoms with Crippen LogP contribution in [0.5, 0.6) is 0 Å². The van der Waals surface area contributed by atoms with Gasteiger partial charge in [0.05, 0.1) is 6.10 Å². The fourth-order valence-electron chi connectivity index (χ4n) is 2.91. The Morgan fingerprint density at radius 3 is 1.67 bits per heavy atom. The molecule has 0 radical (unpaired) electrons. The van der Waals surface area contributed by atoms with E-state index in [2.05, 4.69) is 6.92 Å². The number of unbranched alkanes of at least 4 members (excludes halogenated alkanes) is 10. The van der Waals surface area contributed by atoms with E-state index in [9.17, 15) is 18.3 Å². The number of hydrogen-bond acceptors (Lipinski definition) is 5. The number of carbonyl (C=O) groups excluding carboxylic acids is 1. The van der Waals surface area contributed by atoms with Gasteiger partial charge in [0, 0.05) is 5.97 Å². The molecule has 9 heteroatoms. The molecule has 0 aliphatic rings. The minimum absolute atomic E-state index is 0. The molecular formula is C18H35Na2O6S+. The summed E-state index contributed by atoms with van der Waals surface area (Å²) in [5, 5.41) is 10.3. The molecule has 1 unspecified atom stereocenters. The van der Waals surface area contributed by atoms with Crippen LogP contribution < -0.4 is 64.2 Å². The van der Waals surface area contributed by atoms with Crippen molar-refractivity contribution in [3.05, 3.63) is 0 Å². The maximum atomic E-state index is 11.0. The summed E-state index contributed by atoms with van der Waals surface area (Å²) in [6, 6.07) is 0. The van der Waals surface area contributed by atoms with Crippen LogP contribution in [0.1, 0.15) is 103 Å². The van der Waals surface area contributed by atoms with Gasteiger partial charge in [-0.25, -0.2) is 4.18 Å². The summed E-state index contributed by atoms with van der Waals surface area (Å²) in [4.78, 5) is 10.3. The van der Waals surface area contributed by atoms with Gasteiger partial charge in [-0.1, -0.05) is 77.6 Å². The Hall–Kier alpha value is 1.34. The predicted octanol–water partition coefficient (Wildman–Crippen LogP) is -2.20. The van der Waals surface area contributed by atoms with E-state index in [0.29, 0.717) is 19.3 Å². The Kier molecular flexibility index (Phi) is 26.9. The van der Waals surface area contributed by atoms with Crippen molar-refractivity contribution in [2.24, 2.45) is 0 Å². The Balaban J connectivity index is -0.00000288. The molecule has 0 saturated heterocycles. The molecule has 0 aliphatic carbocycles. The Morgan fingerprint density at radius 2 is 1.26 bits per heavy atom. The molecule has 27 heavy (non-hydrogen) atoms. The summed E-state index contributed by atoms with van der Waals surface area (Å²) in [7, 11) is -4.41. The molecular weight excluding hydrogens is 390 g/mol. The van der Waals surface area contributed by atoms with Crippen LogP contribution in [0.4, 0.5) is 0 Å². The number of hydrogen-bond donors (Lipinski definition) is 1. The van der Waals surface area contributed by atoms with Gasteiger partial charge in [-0.05, 0) is 25.7 Å². The van der Waals surface area contributed by atoms with E-state index < -0.39 is 22.5 Å². The van der Waals surface area contributed by atoms with Crippen LogP contribution in [0.25, 0.3) is 0 Å². The van der Waals surface area contributed by atoms with Gasteiger partial charge < -0.3 is 9.90 Å². The smallest absolute Gasteiger partial charge is 0.550 e. The summed E-state index contributed by atoms with van der Waals surface area (Å²) in [6.45, 7) is 2.18. The average Bonchev–Trinajstić information content (AvgIpc) is 2.51. The van der Waals surface area contributed by atoms with Gasteiger partial charge in [0.15, 0.2) is 0 Å². The van der Waals surface area contributed by atoms with Crippen molar-refractivity contribution in [3.63, 3.8) is 0 Å². The third-order valence-electron chi connectivity index (χ3n) is 4.29. The van der Waals surface area contributed by atoms with Gasteiger partial charge in [-0.15, -0.1) is 0 Å². The predicted molar refractivity (Wildman–Crippen MR) is 96.4 cm³/mol. The van der Waals surface area contributed by atoms with Gasteiger partial charge in [0.2, 0.25) is 0 Å². The second-order valence-corrected chi connectivity index (χ2v) is 7.78. The molecule has 0 aliphatic heterocycles. The fraction of sp³-hybridized carbons (Fsp3) is 0.944. The molecule has 0 aromatic heterocycles. The normalized spacial score (nSPS) is 12.1. The Labute approximate surface area is 210 Å². The van der Waals surface area contributed by atoms with Crippen LogP contribution in [0.2, 0.25) is 0 Å². The molecule has 0 amide bonds. The van der Waals surface area contributed by atoms with Crippen molar-refractivity contribution in [2.45, 2.75) is 109 Å². The molecule has 0 saturated carbocycles. The molecule has 0 spiro atoms. The fourth-order valence-corrected chi connectivity index (χ4v) is 3.45. The van der Waals surface area contributed by atoms with E-state index in [-0.39, 0.29) is 65.5 Å². The van der Waals surface area contributed by atoms with Crippen molar-refractivity contribution in [1.29, 1.82) is 0 Å². The summed E-state index contributed by atoms with van der Waals surface area (Å²) in [6.07, 6.45) is 13.0. The van der Waals surface area contributed by atoms with Crippen LogP contribution in [-0.4, -0.2) is 25.0 Å². The summed E-state index contributed by atoms with van der Waals surface area (Å²) in [5.74, 6) is -1.02. The van der Waals surface area contributed by atoms with Gasteiger partial charge in [-0.2, -0.15) is 8.42 Å². The number of carbonyl (C=O) groups is 1. The quantitative estimate of drug-likeness (QED) is 0.152. The Bertz CT molecular complexity index is 432. The summed E-state index contributed by atoms with van der Waals surface area (Å²) in [5.41, 5.74) is 0. The van der Waals surface area contributed by atoms with E-state index in [1.807, 2.05) is 0 Å². The number of carboxylic acids is 1. The van der Waals surface area contributed by atoms with E-state index in [4.69, 9.17) is 8.74 Å². The summed E-state index contributed by atoms with van der Waals surface area (Å²) < 4.78 is 35.6. The molecule has 1 atom stereocenters. The molecule has 1 N–H and O–H groups in total. The zero-order valence-electron chi connectivity index (χ0n) is 17.6. The zero-order valence-corrected chi connectivity index (χ0v) is 22.4. The molecule has 6 nitrogen and oxygen atoms in total. The van der Waals surface area contributed by atoms with E-state index in [1.54, 1.807) is 0 Å². The number of aliphatic carboxylic acids is 1. The average molecular weight is 426 g/mol. The number of carboxylic acid groups (broad SMARTS) is 1. The topological polar surface area (TPSA) is 104 Å². The van der Waals surface area contributed by atoms with Crippen LogP contribution in [-0.2, 0) is 19.4 Å². The molecule has 150 valence electrons. The molecule has 0 bridgehead atoms. The van der Waals surface area contributed by atoms with Crippen LogP contribution in [0.15, 0.2) is 0 Å². The maximum absolute atomic E-state index is 11.0. The molecule has 0 heterocycles. The number of rotatable bonds is 18. The maximum Gasteiger partial charge on any atom is 1.00 e. The molecule has 0 fully saturated rings. The third-order valence-corrected chi connectivity index (χ3v) is 4.81. The van der Waals surface area contributed by atoms with Crippen molar-refractivity contribution in [2.75, 3.05) is 0 Å². The van der Waals surface area contributed by atoms with Crippen LogP contribution in [0, 0.1) is 0 Å². The second-order valence-electron chi connectivity index (χ2n) is 6.73. The Morgan fingerprint density at radius 1 is 0.852 bits per heavy atom. The van der Waals surface area contributed by atoms with Crippen molar-refractivity contribution >= 4 is 16.4 Å². The van der Waals surface area contributed by atoms with Crippen molar-refractivity contribution < 1.29 is 86.2 Å². The molecule has 0 aromatic rings. The molecule has 0 aromatic carbocycles. The van der Waals surface area contributed by atoms with Crippen molar-refractivity contribution in [3.8, 4) is 0 Å². The van der Waals surface area contributed by atoms with Crippen molar-refractivity contribution in [1.82, 2.24) is 0 Å². The SMILES string of the molecule is CCCCCCCCCC(CCCCCCCC(=O)[O-])OS(=O)(=O)O.[Na+].[Na+]. The second kappa shape index (κ2) is 22.0. The van der Waals surface area contributed by atoms with Gasteiger partial charge in [0.25, 0.3) is 0 Å². The van der Waals surface area contributed by atoms with Crippen LogP contribution >= 0.6 is 0 Å². The minimum Gasteiger partial charge on any atom is -0.550 e. The molecule has 0 rings (SSSR count).